The van der Waals surface area contributed by atoms with Crippen molar-refractivity contribution < 1.29 is 17.6 Å². The van der Waals surface area contributed by atoms with Crippen LogP contribution in [0.2, 0.25) is 0 Å². The average molecular weight is 316 g/mol. The van der Waals surface area contributed by atoms with Crippen molar-refractivity contribution in [3.63, 3.8) is 0 Å². The van der Waals surface area contributed by atoms with Crippen LogP contribution >= 0.6 is 46.4 Å². The highest BCUT2D eigenvalue weighted by Crippen LogP contribution is 2.38. The van der Waals surface area contributed by atoms with E-state index < -0.39 is 44.1 Å². The van der Waals surface area contributed by atoms with E-state index in [9.17, 15) is 17.6 Å². The van der Waals surface area contributed by atoms with Gasteiger partial charge in [-0.1, -0.05) is 46.4 Å². The second-order valence-electron chi connectivity index (χ2n) is 2.68. The Morgan fingerprint density at radius 1 is 0.562 bits per heavy atom. The SMILES string of the molecule is Fc1c(F)c(C(Cl)Cl)c(F)c(F)c1C(Cl)Cl. The number of benzene rings is 1. The maximum Gasteiger partial charge on any atom is 0.168 e. The number of rotatable bonds is 2. The van der Waals surface area contributed by atoms with Crippen LogP contribution in [0.3, 0.4) is 0 Å². The molecule has 0 heterocycles. The van der Waals surface area contributed by atoms with Crippen LogP contribution in [-0.4, -0.2) is 0 Å². The molecule has 0 nitrogen and oxygen atoms in total. The molecule has 0 fully saturated rings. The van der Waals surface area contributed by atoms with Crippen molar-refractivity contribution in [3.8, 4) is 0 Å². The summed E-state index contributed by atoms with van der Waals surface area (Å²) in [5.74, 6) is -6.85. The lowest BCUT2D eigenvalue weighted by atomic mass is 10.1. The van der Waals surface area contributed by atoms with Crippen LogP contribution in [0.15, 0.2) is 0 Å². The minimum atomic E-state index is -1.75. The predicted octanol–water partition coefficient (Wildman–Crippen LogP) is 5.20. The first-order valence-corrected chi connectivity index (χ1v) is 5.45. The lowest BCUT2D eigenvalue weighted by Crippen LogP contribution is -2.08. The smallest absolute Gasteiger partial charge is 0.168 e. The van der Waals surface area contributed by atoms with Gasteiger partial charge in [-0.3, -0.25) is 0 Å². The minimum Gasteiger partial charge on any atom is -0.203 e. The minimum absolute atomic E-state index is 1.11. The van der Waals surface area contributed by atoms with Gasteiger partial charge in [0.15, 0.2) is 23.3 Å². The van der Waals surface area contributed by atoms with Gasteiger partial charge in [0.25, 0.3) is 0 Å². The summed E-state index contributed by atoms with van der Waals surface area (Å²) >= 11 is 20.7. The Labute approximate surface area is 108 Å². The van der Waals surface area contributed by atoms with Crippen molar-refractivity contribution in [2.75, 3.05) is 0 Å². The lowest BCUT2D eigenvalue weighted by molar-refractivity contribution is 0.432. The van der Waals surface area contributed by atoms with E-state index in [0.29, 0.717) is 0 Å². The highest BCUT2D eigenvalue weighted by Gasteiger charge is 2.30. The molecule has 0 saturated heterocycles. The highest BCUT2D eigenvalue weighted by atomic mass is 35.5. The highest BCUT2D eigenvalue weighted by molar-refractivity contribution is 6.44. The van der Waals surface area contributed by atoms with Crippen LogP contribution in [0.1, 0.15) is 20.8 Å². The molecule has 0 aromatic heterocycles. The Hall–Kier alpha value is 0.1000. The zero-order chi connectivity index (χ0) is 12.6. The Balaban J connectivity index is 3.63. The van der Waals surface area contributed by atoms with Gasteiger partial charge < -0.3 is 0 Å². The summed E-state index contributed by atoms with van der Waals surface area (Å²) in [6.07, 6.45) is 0. The zero-order valence-electron chi connectivity index (χ0n) is 7.18. The van der Waals surface area contributed by atoms with Gasteiger partial charge in [-0.15, -0.1) is 0 Å². The predicted molar refractivity (Wildman–Crippen MR) is 55.2 cm³/mol. The third-order valence-electron chi connectivity index (χ3n) is 1.77. The molecule has 0 saturated carbocycles. The molecule has 0 unspecified atom stereocenters. The van der Waals surface area contributed by atoms with E-state index >= 15 is 0 Å². The van der Waals surface area contributed by atoms with Crippen molar-refractivity contribution in [1.29, 1.82) is 0 Å². The second kappa shape index (κ2) is 5.17. The van der Waals surface area contributed by atoms with Crippen LogP contribution in [0.5, 0.6) is 0 Å². The van der Waals surface area contributed by atoms with E-state index in [-0.39, 0.29) is 0 Å². The van der Waals surface area contributed by atoms with Gasteiger partial charge in [0.2, 0.25) is 0 Å². The molecule has 0 aliphatic rings. The van der Waals surface area contributed by atoms with Gasteiger partial charge in [-0.2, -0.15) is 0 Å². The molecule has 1 aromatic rings. The molecular formula is C8H2Cl4F4. The van der Waals surface area contributed by atoms with E-state index in [0.717, 1.165) is 0 Å². The van der Waals surface area contributed by atoms with Gasteiger partial charge in [-0.05, 0) is 0 Å². The Kier molecular flexibility index (Phi) is 4.57. The lowest BCUT2D eigenvalue weighted by Gasteiger charge is -2.12. The molecule has 0 spiro atoms. The normalized spacial score (nSPS) is 11.6. The molecule has 1 rings (SSSR count). The molecule has 1 aromatic carbocycles. The first kappa shape index (κ1) is 14.2. The average Bonchev–Trinajstić information content (AvgIpc) is 2.14. The van der Waals surface area contributed by atoms with Crippen molar-refractivity contribution >= 4 is 46.4 Å². The third kappa shape index (κ3) is 2.35. The fourth-order valence-corrected chi connectivity index (χ4v) is 1.82. The van der Waals surface area contributed by atoms with Gasteiger partial charge in [0, 0.05) is 0 Å². The number of hydrogen-bond donors (Lipinski definition) is 0. The summed E-state index contributed by atoms with van der Waals surface area (Å²) in [4.78, 5) is -3.50. The number of halogens is 8. The molecule has 0 aliphatic carbocycles. The fourth-order valence-electron chi connectivity index (χ4n) is 1.05. The second-order valence-corrected chi connectivity index (χ2v) is 4.88. The summed E-state index contributed by atoms with van der Waals surface area (Å²) in [5.41, 5.74) is -2.23. The van der Waals surface area contributed by atoms with E-state index in [1.165, 1.54) is 0 Å². The van der Waals surface area contributed by atoms with E-state index in [2.05, 4.69) is 0 Å². The number of hydrogen-bond acceptors (Lipinski definition) is 0. The van der Waals surface area contributed by atoms with Crippen LogP contribution in [0, 0.1) is 23.3 Å². The topological polar surface area (TPSA) is 0 Å². The Morgan fingerprint density at radius 3 is 0.875 bits per heavy atom. The summed E-state index contributed by atoms with van der Waals surface area (Å²) in [7, 11) is 0. The van der Waals surface area contributed by atoms with Gasteiger partial charge in [-0.25, -0.2) is 17.6 Å². The molecule has 0 radical (unpaired) electrons. The molecule has 0 aliphatic heterocycles. The fraction of sp³-hybridized carbons (Fsp3) is 0.250. The van der Waals surface area contributed by atoms with Gasteiger partial charge in [0.05, 0.1) is 11.1 Å². The van der Waals surface area contributed by atoms with E-state index in [4.69, 9.17) is 46.4 Å². The molecular weight excluding hydrogens is 314 g/mol. The summed E-state index contributed by atoms with van der Waals surface area (Å²) < 4.78 is 53.0. The third-order valence-corrected chi connectivity index (χ3v) is 2.64. The van der Waals surface area contributed by atoms with Crippen molar-refractivity contribution in [1.82, 2.24) is 0 Å². The quantitative estimate of drug-likeness (QED) is 0.400. The molecule has 0 N–H and O–H groups in total. The maximum atomic E-state index is 13.2. The Morgan fingerprint density at radius 2 is 0.750 bits per heavy atom. The molecule has 0 amide bonds. The monoisotopic (exact) mass is 314 g/mol. The van der Waals surface area contributed by atoms with E-state index in [1.807, 2.05) is 0 Å². The largest absolute Gasteiger partial charge is 0.203 e. The van der Waals surface area contributed by atoms with E-state index in [1.54, 1.807) is 0 Å². The maximum absolute atomic E-state index is 13.2. The first-order valence-electron chi connectivity index (χ1n) is 3.71. The van der Waals surface area contributed by atoms with Crippen LogP contribution in [-0.2, 0) is 0 Å². The summed E-state index contributed by atoms with van der Waals surface area (Å²) in [5, 5.41) is 0. The molecule has 0 bridgehead atoms. The standard InChI is InChI=1S/C8H2Cl4F4/c9-7(10)1-3(13)5(15)2(8(11)12)6(16)4(1)14/h7-8H. The van der Waals surface area contributed by atoms with Crippen LogP contribution in [0.4, 0.5) is 17.6 Å². The molecule has 16 heavy (non-hydrogen) atoms. The number of alkyl halides is 4. The molecule has 90 valence electrons. The summed E-state index contributed by atoms with van der Waals surface area (Å²) in [6, 6.07) is 0. The van der Waals surface area contributed by atoms with Crippen molar-refractivity contribution in [2.45, 2.75) is 9.67 Å². The van der Waals surface area contributed by atoms with Gasteiger partial charge in [0.1, 0.15) is 9.67 Å². The Bertz CT molecular complexity index is 351. The van der Waals surface area contributed by atoms with Crippen LogP contribution in [0.25, 0.3) is 0 Å². The molecule has 0 atom stereocenters. The van der Waals surface area contributed by atoms with Crippen molar-refractivity contribution in [2.24, 2.45) is 0 Å². The van der Waals surface area contributed by atoms with Crippen LogP contribution < -0.4 is 0 Å². The molecule has 8 heteroatoms. The van der Waals surface area contributed by atoms with Gasteiger partial charge >= 0.3 is 0 Å². The zero-order valence-corrected chi connectivity index (χ0v) is 10.2. The van der Waals surface area contributed by atoms with Crippen molar-refractivity contribution in [3.05, 3.63) is 34.4 Å². The first-order chi connectivity index (χ1) is 7.29. The summed E-state index contributed by atoms with van der Waals surface area (Å²) in [6.45, 7) is 0.